The maximum atomic E-state index is 11.3. The molecule has 19 heavy (non-hydrogen) atoms. The number of aromatic nitrogens is 1. The Morgan fingerprint density at radius 2 is 2.00 bits per heavy atom. The minimum atomic E-state index is -0.896. The molecule has 0 aliphatic carbocycles. The van der Waals surface area contributed by atoms with Crippen molar-refractivity contribution in [2.45, 2.75) is 12.8 Å². The summed E-state index contributed by atoms with van der Waals surface area (Å²) in [6.45, 7) is 1.92. The fraction of sp³-hybridized carbons (Fsp3) is 0.200. The summed E-state index contributed by atoms with van der Waals surface area (Å²) in [4.78, 5) is 15.4. The van der Waals surface area contributed by atoms with Crippen LogP contribution in [0.1, 0.15) is 17.2 Å². The third-order valence-corrected chi connectivity index (χ3v) is 2.86. The first-order chi connectivity index (χ1) is 9.18. The summed E-state index contributed by atoms with van der Waals surface area (Å²) in [6.07, 6.45) is 1.67. The molecule has 4 nitrogen and oxygen atoms in total. The van der Waals surface area contributed by atoms with Crippen molar-refractivity contribution >= 4 is 5.97 Å². The van der Waals surface area contributed by atoms with E-state index >= 15 is 0 Å². The zero-order valence-corrected chi connectivity index (χ0v) is 10.6. The molecule has 0 bridgehead atoms. The third kappa shape index (κ3) is 3.31. The van der Waals surface area contributed by atoms with Crippen LogP contribution in [0.3, 0.4) is 0 Å². The third-order valence-electron chi connectivity index (χ3n) is 2.86. The maximum absolute atomic E-state index is 11.3. The lowest BCUT2D eigenvalue weighted by atomic mass is 10.0. The summed E-state index contributed by atoms with van der Waals surface area (Å²) in [5.41, 5.74) is 1.48. The standard InChI is InChI=1S/C15H15NO3/c1-11-14(8-5-9-16-11)19-10-13(15(17)18)12-6-3-2-4-7-12/h2-9,13H,10H2,1H3,(H,17,18). The van der Waals surface area contributed by atoms with Crippen LogP contribution in [0, 0.1) is 6.92 Å². The fourth-order valence-electron chi connectivity index (χ4n) is 1.79. The lowest BCUT2D eigenvalue weighted by Gasteiger charge is -2.14. The summed E-state index contributed by atoms with van der Waals surface area (Å²) in [5, 5.41) is 9.28. The monoisotopic (exact) mass is 257 g/mol. The molecule has 2 aromatic rings. The van der Waals surface area contributed by atoms with E-state index < -0.39 is 11.9 Å². The average Bonchev–Trinajstić information content (AvgIpc) is 2.42. The van der Waals surface area contributed by atoms with Gasteiger partial charge in [0.05, 0.1) is 5.69 Å². The maximum Gasteiger partial charge on any atom is 0.314 e. The normalized spacial score (nSPS) is 11.8. The van der Waals surface area contributed by atoms with Crippen molar-refractivity contribution in [2.75, 3.05) is 6.61 Å². The number of carboxylic acid groups (broad SMARTS) is 1. The number of pyridine rings is 1. The lowest BCUT2D eigenvalue weighted by Crippen LogP contribution is -2.19. The van der Waals surface area contributed by atoms with Crippen LogP contribution >= 0.6 is 0 Å². The minimum Gasteiger partial charge on any atom is -0.490 e. The average molecular weight is 257 g/mol. The van der Waals surface area contributed by atoms with Crippen molar-refractivity contribution in [2.24, 2.45) is 0 Å². The Morgan fingerprint density at radius 3 is 2.63 bits per heavy atom. The minimum absolute atomic E-state index is 0.0892. The largest absolute Gasteiger partial charge is 0.490 e. The van der Waals surface area contributed by atoms with E-state index in [0.717, 1.165) is 11.3 Å². The highest BCUT2D eigenvalue weighted by Gasteiger charge is 2.20. The van der Waals surface area contributed by atoms with Gasteiger partial charge in [0.1, 0.15) is 18.3 Å². The van der Waals surface area contributed by atoms with E-state index in [-0.39, 0.29) is 6.61 Å². The number of carboxylic acids is 1. The van der Waals surface area contributed by atoms with E-state index in [1.807, 2.05) is 25.1 Å². The molecule has 4 heteroatoms. The number of aliphatic carboxylic acids is 1. The molecule has 0 spiro atoms. The molecule has 0 amide bonds. The molecule has 0 radical (unpaired) electrons. The predicted molar refractivity (Wildman–Crippen MR) is 71.3 cm³/mol. The van der Waals surface area contributed by atoms with Gasteiger partial charge >= 0.3 is 5.97 Å². The molecule has 1 atom stereocenters. The zero-order valence-electron chi connectivity index (χ0n) is 10.6. The second-order valence-corrected chi connectivity index (χ2v) is 4.20. The highest BCUT2D eigenvalue weighted by atomic mass is 16.5. The molecule has 1 aromatic heterocycles. The quantitative estimate of drug-likeness (QED) is 0.894. The highest BCUT2D eigenvalue weighted by molar-refractivity contribution is 5.76. The van der Waals surface area contributed by atoms with E-state index in [4.69, 9.17) is 4.74 Å². The van der Waals surface area contributed by atoms with Gasteiger partial charge in [0.15, 0.2) is 0 Å². The van der Waals surface area contributed by atoms with Crippen molar-refractivity contribution in [3.8, 4) is 5.75 Å². The second kappa shape index (κ2) is 6.00. The molecule has 1 aromatic carbocycles. The number of hydrogen-bond donors (Lipinski definition) is 1. The Labute approximate surface area is 111 Å². The topological polar surface area (TPSA) is 59.4 Å². The Kier molecular flexibility index (Phi) is 4.13. The summed E-state index contributed by atoms with van der Waals surface area (Å²) in [6, 6.07) is 12.6. The lowest BCUT2D eigenvalue weighted by molar-refractivity contribution is -0.139. The van der Waals surface area contributed by atoms with E-state index in [1.165, 1.54) is 0 Å². The van der Waals surface area contributed by atoms with Crippen molar-refractivity contribution in [3.63, 3.8) is 0 Å². The van der Waals surface area contributed by atoms with Gasteiger partial charge in [-0.05, 0) is 24.6 Å². The number of hydrogen-bond acceptors (Lipinski definition) is 3. The molecular weight excluding hydrogens is 242 g/mol. The van der Waals surface area contributed by atoms with E-state index in [1.54, 1.807) is 30.5 Å². The van der Waals surface area contributed by atoms with Crippen LogP contribution in [0.5, 0.6) is 5.75 Å². The Balaban J connectivity index is 2.11. The van der Waals surface area contributed by atoms with Crippen LogP contribution in [0.15, 0.2) is 48.7 Å². The number of carbonyl (C=O) groups is 1. The van der Waals surface area contributed by atoms with E-state index in [0.29, 0.717) is 5.75 Å². The number of benzene rings is 1. The molecule has 1 unspecified atom stereocenters. The number of nitrogens with zero attached hydrogens (tertiary/aromatic N) is 1. The Bertz CT molecular complexity index is 554. The number of aryl methyl sites for hydroxylation is 1. The Hall–Kier alpha value is -2.36. The first-order valence-corrected chi connectivity index (χ1v) is 6.00. The van der Waals surface area contributed by atoms with Crippen LogP contribution in [0.2, 0.25) is 0 Å². The zero-order chi connectivity index (χ0) is 13.7. The van der Waals surface area contributed by atoms with E-state index in [2.05, 4.69) is 4.98 Å². The smallest absolute Gasteiger partial charge is 0.314 e. The van der Waals surface area contributed by atoms with Crippen LogP contribution in [0.25, 0.3) is 0 Å². The van der Waals surface area contributed by atoms with Crippen LogP contribution < -0.4 is 4.74 Å². The summed E-state index contributed by atoms with van der Waals surface area (Å²) in [7, 11) is 0. The van der Waals surface area contributed by atoms with Gasteiger partial charge in [0.25, 0.3) is 0 Å². The van der Waals surface area contributed by atoms with Crippen molar-refractivity contribution in [1.82, 2.24) is 4.98 Å². The molecule has 1 N–H and O–H groups in total. The summed E-state index contributed by atoms with van der Waals surface area (Å²) in [5.74, 6) is -0.960. The van der Waals surface area contributed by atoms with Crippen LogP contribution in [0.4, 0.5) is 0 Å². The Morgan fingerprint density at radius 1 is 1.26 bits per heavy atom. The number of rotatable bonds is 5. The van der Waals surface area contributed by atoms with Gasteiger partial charge in [-0.25, -0.2) is 0 Å². The second-order valence-electron chi connectivity index (χ2n) is 4.20. The van der Waals surface area contributed by atoms with Gasteiger partial charge < -0.3 is 9.84 Å². The molecule has 2 rings (SSSR count). The van der Waals surface area contributed by atoms with Crippen molar-refractivity contribution in [1.29, 1.82) is 0 Å². The van der Waals surface area contributed by atoms with Gasteiger partial charge in [-0.3, -0.25) is 9.78 Å². The molecule has 0 saturated heterocycles. The fourth-order valence-corrected chi connectivity index (χ4v) is 1.79. The summed E-state index contributed by atoms with van der Waals surface area (Å²) < 4.78 is 5.57. The highest BCUT2D eigenvalue weighted by Crippen LogP contribution is 2.20. The van der Waals surface area contributed by atoms with Crippen LogP contribution in [-0.4, -0.2) is 22.7 Å². The van der Waals surface area contributed by atoms with Gasteiger partial charge in [-0.1, -0.05) is 30.3 Å². The molecule has 0 aliphatic heterocycles. The molecule has 98 valence electrons. The molecule has 0 saturated carbocycles. The van der Waals surface area contributed by atoms with Gasteiger partial charge in [-0.15, -0.1) is 0 Å². The van der Waals surface area contributed by atoms with Gasteiger partial charge in [-0.2, -0.15) is 0 Å². The predicted octanol–water partition coefficient (Wildman–Crippen LogP) is 2.64. The summed E-state index contributed by atoms with van der Waals surface area (Å²) >= 11 is 0. The molecule has 0 aliphatic rings. The number of ether oxygens (including phenoxy) is 1. The SMILES string of the molecule is Cc1ncccc1OCC(C(=O)O)c1ccccc1. The molecule has 0 fully saturated rings. The molecule has 1 heterocycles. The van der Waals surface area contributed by atoms with Crippen LogP contribution in [-0.2, 0) is 4.79 Å². The van der Waals surface area contributed by atoms with Crippen molar-refractivity contribution < 1.29 is 14.6 Å². The van der Waals surface area contributed by atoms with Crippen molar-refractivity contribution in [3.05, 3.63) is 59.9 Å². The van der Waals surface area contributed by atoms with Gasteiger partial charge in [0.2, 0.25) is 0 Å². The first kappa shape index (κ1) is 13.1. The van der Waals surface area contributed by atoms with E-state index in [9.17, 15) is 9.90 Å². The molecular formula is C15H15NO3. The first-order valence-electron chi connectivity index (χ1n) is 6.00. The van der Waals surface area contributed by atoms with Gasteiger partial charge in [0, 0.05) is 6.20 Å².